The minimum absolute atomic E-state index is 0.409. The Morgan fingerprint density at radius 2 is 2.32 bits per heavy atom. The average Bonchev–Trinajstić information content (AvgIpc) is 2.74. The topological polar surface area (TPSA) is 68.3 Å². The van der Waals surface area contributed by atoms with E-state index in [2.05, 4.69) is 22.1 Å². The van der Waals surface area contributed by atoms with E-state index in [0.717, 1.165) is 0 Å². The first-order chi connectivity index (χ1) is 8.90. The van der Waals surface area contributed by atoms with E-state index in [1.54, 1.807) is 26.2 Å². The molecule has 5 nitrogen and oxygen atoms in total. The van der Waals surface area contributed by atoms with Crippen LogP contribution in [0, 0.1) is 11.8 Å². The number of thiazole rings is 1. The van der Waals surface area contributed by atoms with E-state index in [-0.39, 0.29) is 0 Å². The molecule has 0 fully saturated rings. The summed E-state index contributed by atoms with van der Waals surface area (Å²) in [5, 5.41) is 4.74. The number of amides is 1. The molecular weight excluding hydrogens is 264 g/mol. The first kappa shape index (κ1) is 15.2. The average molecular weight is 280 g/mol. The molecule has 102 valence electrons. The SMILES string of the molecule is CC(C)(C)OC(=O)NCCC#Cc1csc(C=O)n1. The Hall–Kier alpha value is -1.87. The van der Waals surface area contributed by atoms with E-state index < -0.39 is 11.7 Å². The Morgan fingerprint density at radius 3 is 2.89 bits per heavy atom. The molecule has 0 aliphatic heterocycles. The fourth-order valence-electron chi connectivity index (χ4n) is 1.09. The van der Waals surface area contributed by atoms with Crippen LogP contribution < -0.4 is 5.32 Å². The van der Waals surface area contributed by atoms with Crippen LogP contribution in [0.5, 0.6) is 0 Å². The maximum absolute atomic E-state index is 11.3. The van der Waals surface area contributed by atoms with Gasteiger partial charge in [0.25, 0.3) is 0 Å². The number of hydrogen-bond acceptors (Lipinski definition) is 5. The highest BCUT2D eigenvalue weighted by Gasteiger charge is 2.15. The summed E-state index contributed by atoms with van der Waals surface area (Å²) in [5.41, 5.74) is 0.0751. The molecule has 6 heteroatoms. The van der Waals surface area contributed by atoms with Crippen molar-refractivity contribution >= 4 is 23.7 Å². The minimum Gasteiger partial charge on any atom is -0.444 e. The van der Waals surface area contributed by atoms with Gasteiger partial charge in [-0.25, -0.2) is 9.78 Å². The number of rotatable bonds is 3. The Balaban J connectivity index is 2.28. The van der Waals surface area contributed by atoms with Gasteiger partial charge in [-0.2, -0.15) is 0 Å². The zero-order valence-electron chi connectivity index (χ0n) is 11.1. The van der Waals surface area contributed by atoms with Crippen LogP contribution in [-0.4, -0.2) is 29.5 Å². The van der Waals surface area contributed by atoms with Crippen molar-refractivity contribution < 1.29 is 14.3 Å². The van der Waals surface area contributed by atoms with E-state index in [4.69, 9.17) is 4.74 Å². The molecule has 0 aromatic carbocycles. The van der Waals surface area contributed by atoms with Gasteiger partial charge in [0.15, 0.2) is 11.3 Å². The minimum atomic E-state index is -0.498. The predicted octanol–water partition coefficient (Wildman–Crippen LogP) is 2.22. The van der Waals surface area contributed by atoms with Gasteiger partial charge in [-0.3, -0.25) is 4.79 Å². The molecule has 0 aliphatic rings. The molecule has 0 saturated heterocycles. The van der Waals surface area contributed by atoms with Gasteiger partial charge >= 0.3 is 6.09 Å². The second kappa shape index (κ2) is 6.90. The number of aldehydes is 1. The number of carbonyl (C=O) groups excluding carboxylic acids is 2. The van der Waals surface area contributed by atoms with Gasteiger partial charge in [-0.1, -0.05) is 5.92 Å². The molecule has 0 aliphatic carbocycles. The third-order valence-electron chi connectivity index (χ3n) is 1.76. The molecule has 0 atom stereocenters. The molecule has 1 N–H and O–H groups in total. The lowest BCUT2D eigenvalue weighted by molar-refractivity contribution is 0.0529. The molecule has 0 radical (unpaired) electrons. The standard InChI is InChI=1S/C13H16N2O3S/c1-13(2,3)18-12(17)14-7-5-4-6-10-9-19-11(8-16)15-10/h8-9H,5,7H2,1-3H3,(H,14,17). The molecule has 1 amide bonds. The normalized spacial score (nSPS) is 10.3. The van der Waals surface area contributed by atoms with Gasteiger partial charge in [0, 0.05) is 18.3 Å². The van der Waals surface area contributed by atoms with Gasteiger partial charge in [0.1, 0.15) is 11.3 Å². The van der Waals surface area contributed by atoms with Crippen LogP contribution in [0.4, 0.5) is 4.79 Å². The molecule has 19 heavy (non-hydrogen) atoms. The monoisotopic (exact) mass is 280 g/mol. The van der Waals surface area contributed by atoms with Crippen molar-refractivity contribution in [1.29, 1.82) is 0 Å². The summed E-state index contributed by atoms with van der Waals surface area (Å²) in [6.07, 6.45) is 0.735. The fraction of sp³-hybridized carbons (Fsp3) is 0.462. The number of hydrogen-bond donors (Lipinski definition) is 1. The molecule has 1 heterocycles. The Labute approximate surface area is 116 Å². The van der Waals surface area contributed by atoms with Crippen molar-refractivity contribution in [3.63, 3.8) is 0 Å². The third kappa shape index (κ3) is 6.58. The van der Waals surface area contributed by atoms with Gasteiger partial charge in [0.05, 0.1) is 0 Å². The largest absolute Gasteiger partial charge is 0.444 e. The van der Waals surface area contributed by atoms with Crippen LogP contribution in [0.2, 0.25) is 0 Å². The molecule has 1 aromatic heterocycles. The second-order valence-electron chi connectivity index (χ2n) is 4.67. The molecule has 1 rings (SSSR count). The van der Waals surface area contributed by atoms with Crippen molar-refractivity contribution in [2.75, 3.05) is 6.54 Å². The van der Waals surface area contributed by atoms with Crippen molar-refractivity contribution in [2.45, 2.75) is 32.8 Å². The third-order valence-corrected chi connectivity index (χ3v) is 2.53. The number of carbonyl (C=O) groups is 2. The Bertz CT molecular complexity index is 506. The molecular formula is C13H16N2O3S. The zero-order valence-corrected chi connectivity index (χ0v) is 12.0. The van der Waals surface area contributed by atoms with Crippen LogP contribution in [0.1, 0.15) is 42.7 Å². The lowest BCUT2D eigenvalue weighted by Crippen LogP contribution is -2.32. The summed E-state index contributed by atoms with van der Waals surface area (Å²) < 4.78 is 5.07. The van der Waals surface area contributed by atoms with Crippen LogP contribution in [0.3, 0.4) is 0 Å². The number of ether oxygens (including phenoxy) is 1. The molecule has 0 unspecified atom stereocenters. The summed E-state index contributed by atoms with van der Waals surface area (Å²) in [6.45, 7) is 5.82. The van der Waals surface area contributed by atoms with Gasteiger partial charge in [0.2, 0.25) is 0 Å². The summed E-state index contributed by atoms with van der Waals surface area (Å²) in [4.78, 5) is 25.7. The maximum Gasteiger partial charge on any atom is 0.407 e. The van der Waals surface area contributed by atoms with Crippen LogP contribution in [-0.2, 0) is 4.74 Å². The number of nitrogens with one attached hydrogen (secondary N) is 1. The highest BCUT2D eigenvalue weighted by atomic mass is 32.1. The Morgan fingerprint density at radius 1 is 1.58 bits per heavy atom. The number of alkyl carbamates (subject to hydrolysis) is 1. The van der Waals surface area contributed by atoms with Gasteiger partial charge in [-0.05, 0) is 26.7 Å². The first-order valence-corrected chi connectivity index (χ1v) is 6.65. The van der Waals surface area contributed by atoms with E-state index in [0.29, 0.717) is 30.0 Å². The summed E-state index contributed by atoms with van der Waals surface area (Å²) in [5.74, 6) is 5.68. The lowest BCUT2D eigenvalue weighted by atomic mass is 10.2. The van der Waals surface area contributed by atoms with E-state index in [9.17, 15) is 9.59 Å². The predicted molar refractivity (Wildman–Crippen MR) is 73.2 cm³/mol. The van der Waals surface area contributed by atoms with Crippen LogP contribution in [0.15, 0.2) is 5.38 Å². The summed E-state index contributed by atoms with van der Waals surface area (Å²) in [7, 11) is 0. The van der Waals surface area contributed by atoms with Gasteiger partial charge < -0.3 is 10.1 Å². The van der Waals surface area contributed by atoms with Crippen molar-refractivity contribution in [3.8, 4) is 11.8 Å². The van der Waals surface area contributed by atoms with Crippen molar-refractivity contribution in [1.82, 2.24) is 10.3 Å². The quantitative estimate of drug-likeness (QED) is 0.523. The number of aromatic nitrogens is 1. The smallest absolute Gasteiger partial charge is 0.407 e. The molecule has 0 bridgehead atoms. The highest BCUT2D eigenvalue weighted by Crippen LogP contribution is 2.06. The Kier molecular flexibility index (Phi) is 5.52. The van der Waals surface area contributed by atoms with E-state index in [1.165, 1.54) is 11.3 Å². The molecule has 1 aromatic rings. The van der Waals surface area contributed by atoms with E-state index in [1.807, 2.05) is 0 Å². The maximum atomic E-state index is 11.3. The number of nitrogens with zero attached hydrogens (tertiary/aromatic N) is 1. The van der Waals surface area contributed by atoms with Crippen molar-refractivity contribution in [3.05, 3.63) is 16.1 Å². The molecule has 0 spiro atoms. The summed E-state index contributed by atoms with van der Waals surface area (Å²) in [6, 6.07) is 0. The van der Waals surface area contributed by atoms with Gasteiger partial charge in [-0.15, -0.1) is 11.3 Å². The lowest BCUT2D eigenvalue weighted by Gasteiger charge is -2.19. The zero-order chi connectivity index (χ0) is 14.3. The van der Waals surface area contributed by atoms with Crippen LogP contribution in [0.25, 0.3) is 0 Å². The van der Waals surface area contributed by atoms with Crippen LogP contribution >= 0.6 is 11.3 Å². The molecule has 0 saturated carbocycles. The summed E-state index contributed by atoms with van der Waals surface area (Å²) >= 11 is 1.25. The second-order valence-corrected chi connectivity index (χ2v) is 5.56. The first-order valence-electron chi connectivity index (χ1n) is 5.77. The van der Waals surface area contributed by atoms with E-state index >= 15 is 0 Å². The highest BCUT2D eigenvalue weighted by molar-refractivity contribution is 7.11. The van der Waals surface area contributed by atoms with Crippen molar-refractivity contribution in [2.24, 2.45) is 0 Å². The fourth-order valence-corrected chi connectivity index (χ4v) is 1.64.